The molecule has 0 fully saturated rings. The van der Waals surface area contributed by atoms with Crippen LogP contribution in [0.4, 0.5) is 15.8 Å². The van der Waals surface area contributed by atoms with Gasteiger partial charge in [-0.1, -0.05) is 37.3 Å². The first-order valence-corrected chi connectivity index (χ1v) is 6.53. The van der Waals surface area contributed by atoms with E-state index in [1.165, 1.54) is 18.7 Å². The first-order chi connectivity index (χ1) is 9.61. The molecule has 0 amide bonds. The van der Waals surface area contributed by atoms with Crippen molar-refractivity contribution < 1.29 is 9.13 Å². The van der Waals surface area contributed by atoms with Gasteiger partial charge in [-0.2, -0.15) is 0 Å². The van der Waals surface area contributed by atoms with E-state index >= 15 is 0 Å². The van der Waals surface area contributed by atoms with E-state index < -0.39 is 0 Å². The largest absolute Gasteiger partial charge is 0.495 e. The molecule has 0 radical (unpaired) electrons. The number of nitrogen functional groups attached to an aromatic ring is 1. The summed E-state index contributed by atoms with van der Waals surface area (Å²) in [6.45, 7) is 2.72. The van der Waals surface area contributed by atoms with Crippen LogP contribution in [0, 0.1) is 5.82 Å². The van der Waals surface area contributed by atoms with Gasteiger partial charge in [0.05, 0.1) is 18.5 Å². The smallest absolute Gasteiger partial charge is 0.148 e. The predicted molar refractivity (Wildman–Crippen MR) is 80.7 cm³/mol. The summed E-state index contributed by atoms with van der Waals surface area (Å²) < 4.78 is 18.9. The minimum absolute atomic E-state index is 0.277. The Hall–Kier alpha value is -2.23. The number of anilines is 2. The van der Waals surface area contributed by atoms with Crippen LogP contribution in [0.1, 0.15) is 18.4 Å². The zero-order chi connectivity index (χ0) is 14.5. The molecule has 0 saturated carbocycles. The summed E-state index contributed by atoms with van der Waals surface area (Å²) in [6, 6.07) is 13.0. The van der Waals surface area contributed by atoms with Crippen LogP contribution in [0.25, 0.3) is 0 Å². The normalized spacial score (nSPS) is 11.9. The summed E-state index contributed by atoms with van der Waals surface area (Å²) in [5, 5.41) is 3.10. The van der Waals surface area contributed by atoms with E-state index in [-0.39, 0.29) is 11.7 Å². The first kappa shape index (κ1) is 14.2. The summed E-state index contributed by atoms with van der Waals surface area (Å²) in [5.74, 6) is 0.379. The fourth-order valence-corrected chi connectivity index (χ4v) is 2.04. The molecular formula is C16H19FN2O. The van der Waals surface area contributed by atoms with Gasteiger partial charge in [-0.05, 0) is 11.5 Å². The van der Waals surface area contributed by atoms with E-state index in [9.17, 15) is 4.39 Å². The Kier molecular flexibility index (Phi) is 4.45. The molecule has 2 rings (SSSR count). The molecule has 2 aromatic carbocycles. The van der Waals surface area contributed by atoms with Crippen molar-refractivity contribution in [2.45, 2.75) is 12.8 Å². The van der Waals surface area contributed by atoms with Crippen molar-refractivity contribution in [2.75, 3.05) is 24.7 Å². The molecule has 4 heteroatoms. The van der Waals surface area contributed by atoms with Gasteiger partial charge >= 0.3 is 0 Å². The molecule has 20 heavy (non-hydrogen) atoms. The summed E-state index contributed by atoms with van der Waals surface area (Å²) >= 11 is 0. The lowest BCUT2D eigenvalue weighted by Crippen LogP contribution is -2.11. The van der Waals surface area contributed by atoms with Crippen molar-refractivity contribution in [1.29, 1.82) is 0 Å². The van der Waals surface area contributed by atoms with Gasteiger partial charge in [0.1, 0.15) is 11.6 Å². The Morgan fingerprint density at radius 2 is 1.95 bits per heavy atom. The molecule has 106 valence electrons. The van der Waals surface area contributed by atoms with Crippen molar-refractivity contribution in [3.63, 3.8) is 0 Å². The predicted octanol–water partition coefficient (Wildman–Crippen LogP) is 3.63. The highest BCUT2D eigenvalue weighted by Gasteiger charge is 2.10. The standard InChI is InChI=1S/C16H19FN2O/c1-11(12-6-4-3-5-7-12)10-19-15-9-16(20-2)14(18)8-13(15)17/h3-9,11,19H,10,18H2,1-2H3. The molecule has 0 heterocycles. The highest BCUT2D eigenvalue weighted by atomic mass is 19.1. The molecule has 2 aromatic rings. The van der Waals surface area contributed by atoms with E-state index in [2.05, 4.69) is 24.4 Å². The van der Waals surface area contributed by atoms with Crippen molar-refractivity contribution in [2.24, 2.45) is 0 Å². The number of hydrogen-bond donors (Lipinski definition) is 2. The van der Waals surface area contributed by atoms with E-state index in [4.69, 9.17) is 10.5 Å². The van der Waals surface area contributed by atoms with Gasteiger partial charge in [-0.15, -0.1) is 0 Å². The summed E-state index contributed by atoms with van der Waals surface area (Å²) in [7, 11) is 1.51. The van der Waals surface area contributed by atoms with Crippen molar-refractivity contribution in [1.82, 2.24) is 0 Å². The van der Waals surface area contributed by atoms with Gasteiger partial charge in [-0.25, -0.2) is 4.39 Å². The third-order valence-electron chi connectivity index (χ3n) is 3.29. The fraction of sp³-hybridized carbons (Fsp3) is 0.250. The molecule has 3 N–H and O–H groups in total. The monoisotopic (exact) mass is 274 g/mol. The highest BCUT2D eigenvalue weighted by Crippen LogP contribution is 2.28. The van der Waals surface area contributed by atoms with Crippen LogP contribution < -0.4 is 15.8 Å². The van der Waals surface area contributed by atoms with Gasteiger partial charge in [0.25, 0.3) is 0 Å². The molecule has 0 spiro atoms. The SMILES string of the molecule is COc1cc(NCC(C)c2ccccc2)c(F)cc1N. The molecule has 0 aliphatic heterocycles. The van der Waals surface area contributed by atoms with E-state index in [0.29, 0.717) is 23.7 Å². The topological polar surface area (TPSA) is 47.3 Å². The Bertz CT molecular complexity index is 572. The lowest BCUT2D eigenvalue weighted by molar-refractivity contribution is 0.416. The summed E-state index contributed by atoms with van der Waals surface area (Å²) in [6.07, 6.45) is 0. The maximum absolute atomic E-state index is 13.8. The summed E-state index contributed by atoms with van der Waals surface area (Å²) in [4.78, 5) is 0. The molecular weight excluding hydrogens is 255 g/mol. The van der Waals surface area contributed by atoms with E-state index in [0.717, 1.165) is 0 Å². The first-order valence-electron chi connectivity index (χ1n) is 6.53. The fourth-order valence-electron chi connectivity index (χ4n) is 2.04. The Labute approximate surface area is 118 Å². The highest BCUT2D eigenvalue weighted by molar-refractivity contribution is 5.62. The van der Waals surface area contributed by atoms with Gasteiger partial charge in [0, 0.05) is 18.7 Å². The minimum Gasteiger partial charge on any atom is -0.495 e. The number of nitrogens with one attached hydrogen (secondary N) is 1. The van der Waals surface area contributed by atoms with Crippen molar-refractivity contribution in [3.8, 4) is 5.75 Å². The second-order valence-electron chi connectivity index (χ2n) is 4.77. The van der Waals surface area contributed by atoms with Crippen LogP contribution >= 0.6 is 0 Å². The third kappa shape index (κ3) is 3.20. The lowest BCUT2D eigenvalue weighted by atomic mass is 10.0. The maximum atomic E-state index is 13.8. The molecule has 0 saturated heterocycles. The molecule has 0 aliphatic rings. The summed E-state index contributed by atoms with van der Waals surface area (Å²) in [5.41, 5.74) is 7.57. The zero-order valence-corrected chi connectivity index (χ0v) is 11.7. The molecule has 1 unspecified atom stereocenters. The third-order valence-corrected chi connectivity index (χ3v) is 3.29. The van der Waals surface area contributed by atoms with Crippen LogP contribution in [0.5, 0.6) is 5.75 Å². The zero-order valence-electron chi connectivity index (χ0n) is 11.7. The molecule has 0 aromatic heterocycles. The van der Waals surface area contributed by atoms with E-state index in [1.54, 1.807) is 6.07 Å². The molecule has 0 aliphatic carbocycles. The number of methoxy groups -OCH3 is 1. The van der Waals surface area contributed by atoms with Gasteiger partial charge in [-0.3, -0.25) is 0 Å². The average Bonchev–Trinajstić information content (AvgIpc) is 2.47. The number of hydrogen-bond acceptors (Lipinski definition) is 3. The minimum atomic E-state index is -0.372. The average molecular weight is 274 g/mol. The number of rotatable bonds is 5. The lowest BCUT2D eigenvalue weighted by Gasteiger charge is -2.15. The van der Waals surface area contributed by atoms with Crippen LogP contribution in [-0.4, -0.2) is 13.7 Å². The Balaban J connectivity index is 2.07. The van der Waals surface area contributed by atoms with Crippen LogP contribution in [0.3, 0.4) is 0 Å². The van der Waals surface area contributed by atoms with Crippen LogP contribution in [-0.2, 0) is 0 Å². The van der Waals surface area contributed by atoms with Gasteiger partial charge in [0.2, 0.25) is 0 Å². The number of ether oxygens (including phenoxy) is 1. The Morgan fingerprint density at radius 3 is 2.60 bits per heavy atom. The van der Waals surface area contributed by atoms with E-state index in [1.807, 2.05) is 18.2 Å². The van der Waals surface area contributed by atoms with Crippen molar-refractivity contribution in [3.05, 3.63) is 53.8 Å². The number of benzene rings is 2. The maximum Gasteiger partial charge on any atom is 0.148 e. The van der Waals surface area contributed by atoms with Gasteiger partial charge < -0.3 is 15.8 Å². The van der Waals surface area contributed by atoms with Crippen LogP contribution in [0.15, 0.2) is 42.5 Å². The van der Waals surface area contributed by atoms with Crippen LogP contribution in [0.2, 0.25) is 0 Å². The number of nitrogens with two attached hydrogens (primary N) is 1. The van der Waals surface area contributed by atoms with Crippen molar-refractivity contribution >= 4 is 11.4 Å². The molecule has 1 atom stereocenters. The quantitative estimate of drug-likeness (QED) is 0.818. The van der Waals surface area contributed by atoms with Gasteiger partial charge in [0.15, 0.2) is 0 Å². The Morgan fingerprint density at radius 1 is 1.25 bits per heavy atom. The molecule has 0 bridgehead atoms. The second-order valence-corrected chi connectivity index (χ2v) is 4.77. The molecule has 3 nitrogen and oxygen atoms in total. The second kappa shape index (κ2) is 6.28. The number of halogens is 1.